The number of anilines is 1. The molecule has 8 nitrogen and oxygen atoms in total. The SMILES string of the molecule is CC(C)COc1ccc(CCc2nc(N3CCC[C@H]3c3ccc(Cl)cc3)ncc2C(=O)NS(=O)(=O)c2ccc(Cl)cc2)cc1. The van der Waals surface area contributed by atoms with E-state index >= 15 is 0 Å². The summed E-state index contributed by atoms with van der Waals surface area (Å²) in [6, 6.07) is 21.2. The number of aryl methyl sites for hydroxylation is 2. The van der Waals surface area contributed by atoms with Gasteiger partial charge in [-0.2, -0.15) is 0 Å². The predicted octanol–water partition coefficient (Wildman–Crippen LogP) is 7.06. The number of carbonyl (C=O) groups excluding carboxylic acids is 1. The predicted molar refractivity (Wildman–Crippen MR) is 173 cm³/mol. The highest BCUT2D eigenvalue weighted by atomic mass is 35.5. The van der Waals surface area contributed by atoms with Gasteiger partial charge in [0, 0.05) is 22.8 Å². The van der Waals surface area contributed by atoms with Crippen molar-refractivity contribution in [1.29, 1.82) is 0 Å². The third kappa shape index (κ3) is 7.88. The first-order valence-electron chi connectivity index (χ1n) is 14.5. The van der Waals surface area contributed by atoms with Gasteiger partial charge in [0.1, 0.15) is 5.75 Å². The van der Waals surface area contributed by atoms with Crippen LogP contribution in [0.15, 0.2) is 83.9 Å². The zero-order valence-corrected chi connectivity index (χ0v) is 26.9. The summed E-state index contributed by atoms with van der Waals surface area (Å²) in [6.07, 6.45) is 4.27. The van der Waals surface area contributed by atoms with E-state index in [-0.39, 0.29) is 16.5 Å². The number of ether oxygens (including phenoxy) is 1. The molecule has 0 spiro atoms. The lowest BCUT2D eigenvalue weighted by atomic mass is 10.0. The molecule has 0 aliphatic carbocycles. The molecule has 1 aliphatic heterocycles. The second-order valence-electron chi connectivity index (χ2n) is 11.2. The number of aromatic nitrogens is 2. The first kappa shape index (κ1) is 31.8. The molecule has 0 unspecified atom stereocenters. The van der Waals surface area contributed by atoms with Gasteiger partial charge in [-0.3, -0.25) is 4.79 Å². The Labute approximate surface area is 268 Å². The van der Waals surface area contributed by atoms with E-state index in [2.05, 4.69) is 28.5 Å². The molecule has 4 aromatic rings. The lowest BCUT2D eigenvalue weighted by Gasteiger charge is -2.26. The Balaban J connectivity index is 1.41. The molecule has 0 radical (unpaired) electrons. The van der Waals surface area contributed by atoms with E-state index in [0.29, 0.717) is 47.1 Å². The maximum Gasteiger partial charge on any atom is 0.268 e. The third-order valence-corrected chi connectivity index (χ3v) is 9.22. The van der Waals surface area contributed by atoms with Crippen molar-refractivity contribution in [1.82, 2.24) is 14.7 Å². The van der Waals surface area contributed by atoms with E-state index in [1.807, 2.05) is 48.5 Å². The summed E-state index contributed by atoms with van der Waals surface area (Å²) in [5, 5.41) is 1.06. The Morgan fingerprint density at radius 1 is 0.977 bits per heavy atom. The van der Waals surface area contributed by atoms with Gasteiger partial charge in [-0.25, -0.2) is 23.1 Å². The van der Waals surface area contributed by atoms with Crippen LogP contribution in [0.3, 0.4) is 0 Å². The average Bonchev–Trinajstić information content (AvgIpc) is 3.50. The van der Waals surface area contributed by atoms with Gasteiger partial charge in [0.15, 0.2) is 0 Å². The zero-order chi connectivity index (χ0) is 31.3. The van der Waals surface area contributed by atoms with Crippen molar-refractivity contribution in [3.8, 4) is 5.75 Å². The smallest absolute Gasteiger partial charge is 0.268 e. The Morgan fingerprint density at radius 3 is 2.30 bits per heavy atom. The topological polar surface area (TPSA) is 101 Å². The Bertz CT molecular complexity index is 1700. The van der Waals surface area contributed by atoms with Crippen LogP contribution in [0.5, 0.6) is 5.75 Å². The summed E-state index contributed by atoms with van der Waals surface area (Å²) in [5.41, 5.74) is 2.70. The van der Waals surface area contributed by atoms with E-state index in [9.17, 15) is 13.2 Å². The summed E-state index contributed by atoms with van der Waals surface area (Å²) in [7, 11) is -4.15. The number of nitrogens with one attached hydrogen (secondary N) is 1. The summed E-state index contributed by atoms with van der Waals surface area (Å²) in [5.74, 6) is 0.910. The van der Waals surface area contributed by atoms with Gasteiger partial charge in [-0.05, 0) is 91.3 Å². The van der Waals surface area contributed by atoms with E-state index < -0.39 is 15.9 Å². The molecule has 1 saturated heterocycles. The van der Waals surface area contributed by atoms with Crippen molar-refractivity contribution >= 4 is 45.1 Å². The molecule has 1 fully saturated rings. The number of benzene rings is 3. The van der Waals surface area contributed by atoms with Gasteiger partial charge < -0.3 is 9.64 Å². The number of rotatable bonds is 11. The molecule has 5 rings (SSSR count). The lowest BCUT2D eigenvalue weighted by Crippen LogP contribution is -2.32. The number of nitrogens with zero attached hydrogens (tertiary/aromatic N) is 3. The molecular formula is C33H34Cl2N4O4S. The van der Waals surface area contributed by atoms with Crippen molar-refractivity contribution < 1.29 is 17.9 Å². The van der Waals surface area contributed by atoms with Crippen LogP contribution in [-0.4, -0.2) is 37.4 Å². The van der Waals surface area contributed by atoms with Crippen LogP contribution in [0.2, 0.25) is 10.0 Å². The number of halogens is 2. The molecule has 0 bridgehead atoms. The maximum atomic E-state index is 13.4. The Kier molecular flexibility index (Phi) is 10.1. The van der Waals surface area contributed by atoms with Crippen LogP contribution in [0.1, 0.15) is 59.9 Å². The van der Waals surface area contributed by atoms with E-state index in [4.69, 9.17) is 32.9 Å². The van der Waals surface area contributed by atoms with E-state index in [1.54, 1.807) is 0 Å². The summed E-state index contributed by atoms with van der Waals surface area (Å²) >= 11 is 12.0. The minimum atomic E-state index is -4.15. The number of sulfonamides is 1. The highest BCUT2D eigenvalue weighted by Gasteiger charge is 2.30. The lowest BCUT2D eigenvalue weighted by molar-refractivity contribution is 0.0979. The fourth-order valence-electron chi connectivity index (χ4n) is 5.09. The molecule has 1 amide bonds. The largest absolute Gasteiger partial charge is 0.493 e. The molecule has 2 heterocycles. The summed E-state index contributed by atoms with van der Waals surface area (Å²) in [4.78, 5) is 24.9. The van der Waals surface area contributed by atoms with E-state index in [1.165, 1.54) is 30.5 Å². The van der Waals surface area contributed by atoms with Gasteiger partial charge in [-0.1, -0.05) is 61.3 Å². The molecule has 3 aromatic carbocycles. The minimum Gasteiger partial charge on any atom is -0.493 e. The molecule has 1 aromatic heterocycles. The standard InChI is InChI=1S/C33H34Cl2N4O4S/c1-22(2)21-43-27-14-5-23(6-15-27)7-18-30-29(32(40)38-44(41,42)28-16-12-26(35)13-17-28)20-36-33(37-30)39-19-3-4-31(39)24-8-10-25(34)11-9-24/h5-6,8-17,20,22,31H,3-4,7,18-19,21H2,1-2H3,(H,38,40)/t31-/m0/s1. The maximum absolute atomic E-state index is 13.4. The molecule has 1 N–H and O–H groups in total. The first-order valence-corrected chi connectivity index (χ1v) is 16.8. The van der Waals surface area contributed by atoms with Gasteiger partial charge in [0.25, 0.3) is 15.9 Å². The molecule has 44 heavy (non-hydrogen) atoms. The van der Waals surface area contributed by atoms with Crippen molar-refractivity contribution in [2.24, 2.45) is 5.92 Å². The van der Waals surface area contributed by atoms with E-state index in [0.717, 1.165) is 36.3 Å². The Hall–Kier alpha value is -3.66. The van der Waals surface area contributed by atoms with Gasteiger partial charge in [0.05, 0.1) is 28.8 Å². The number of hydrogen-bond acceptors (Lipinski definition) is 7. The molecule has 1 atom stereocenters. The number of carbonyl (C=O) groups is 1. The third-order valence-electron chi connectivity index (χ3n) is 7.37. The molecule has 1 aliphatic rings. The molecular weight excluding hydrogens is 619 g/mol. The zero-order valence-electron chi connectivity index (χ0n) is 24.5. The van der Waals surface area contributed by atoms with Gasteiger partial charge >= 0.3 is 0 Å². The number of amides is 1. The molecule has 11 heteroatoms. The van der Waals surface area contributed by atoms with Crippen LogP contribution < -0.4 is 14.4 Å². The quantitative estimate of drug-likeness (QED) is 0.185. The van der Waals surface area contributed by atoms with Gasteiger partial charge in [0.2, 0.25) is 5.95 Å². The highest BCUT2D eigenvalue weighted by molar-refractivity contribution is 7.90. The van der Waals surface area contributed by atoms with Crippen molar-refractivity contribution in [3.63, 3.8) is 0 Å². The first-order chi connectivity index (χ1) is 21.1. The Morgan fingerprint density at radius 2 is 1.64 bits per heavy atom. The molecule has 0 saturated carbocycles. The van der Waals surface area contributed by atoms with Crippen molar-refractivity contribution in [2.75, 3.05) is 18.1 Å². The van der Waals surface area contributed by atoms with Crippen LogP contribution in [-0.2, 0) is 22.9 Å². The average molecular weight is 654 g/mol. The fourth-order valence-corrected chi connectivity index (χ4v) is 6.31. The van der Waals surface area contributed by atoms with Crippen molar-refractivity contribution in [2.45, 2.75) is 50.5 Å². The normalized spacial score (nSPS) is 15.0. The number of hydrogen-bond donors (Lipinski definition) is 1. The monoisotopic (exact) mass is 652 g/mol. The second kappa shape index (κ2) is 14.0. The molecule has 230 valence electrons. The van der Waals surface area contributed by atoms with Crippen LogP contribution in [0, 0.1) is 5.92 Å². The van der Waals surface area contributed by atoms with Crippen LogP contribution in [0.25, 0.3) is 0 Å². The summed E-state index contributed by atoms with van der Waals surface area (Å²) in [6.45, 7) is 5.58. The van der Waals surface area contributed by atoms with Gasteiger partial charge in [-0.15, -0.1) is 0 Å². The van der Waals surface area contributed by atoms with Crippen LogP contribution in [0.4, 0.5) is 5.95 Å². The minimum absolute atomic E-state index is 0.0588. The highest BCUT2D eigenvalue weighted by Crippen LogP contribution is 2.35. The van der Waals surface area contributed by atoms with Crippen LogP contribution >= 0.6 is 23.2 Å². The van der Waals surface area contributed by atoms with Crippen molar-refractivity contribution in [3.05, 3.63) is 111 Å². The second-order valence-corrected chi connectivity index (χ2v) is 13.7. The summed E-state index contributed by atoms with van der Waals surface area (Å²) < 4.78 is 34.0. The fraction of sp³-hybridized carbons (Fsp3) is 0.303.